The number of rotatable bonds is 5. The maximum Gasteiger partial charge on any atom is 0.451 e. The summed E-state index contributed by atoms with van der Waals surface area (Å²) >= 11 is 0. The zero-order chi connectivity index (χ0) is 14.2. The van der Waals surface area contributed by atoms with E-state index in [0.717, 1.165) is 19.4 Å². The monoisotopic (exact) mass is 270 g/mol. The minimum atomic E-state index is -1.32. The number of fused-ring (bicyclic) bond motifs is 1. The molecule has 2 aliphatic rings. The Morgan fingerprint density at radius 3 is 2.79 bits per heavy atom. The highest BCUT2D eigenvalue weighted by Crippen LogP contribution is 2.48. The van der Waals surface area contributed by atoms with Gasteiger partial charge in [-0.25, -0.2) is 0 Å². The molecular weight excluding hydrogens is 247 g/mol. The molecule has 0 aromatic rings. The van der Waals surface area contributed by atoms with Gasteiger partial charge in [0.2, 0.25) is 0 Å². The van der Waals surface area contributed by atoms with Crippen LogP contribution in [0.3, 0.4) is 0 Å². The number of hydrogen-bond acceptors (Lipinski definition) is 5. The van der Waals surface area contributed by atoms with Crippen LogP contribution in [0, 0.1) is 11.8 Å². The van der Waals surface area contributed by atoms with Gasteiger partial charge in [0.15, 0.2) is 0 Å². The van der Waals surface area contributed by atoms with Crippen molar-refractivity contribution < 1.29 is 19.9 Å². The van der Waals surface area contributed by atoms with Crippen LogP contribution in [0.4, 0.5) is 0 Å². The maximum atomic E-state index is 11.6. The van der Waals surface area contributed by atoms with E-state index >= 15 is 0 Å². The summed E-state index contributed by atoms with van der Waals surface area (Å²) in [6.07, 6.45) is 3.14. The number of carboxylic acid groups (broad SMARTS) is 1. The normalized spacial score (nSPS) is 38.4. The van der Waals surface area contributed by atoms with E-state index in [9.17, 15) is 9.90 Å². The first-order valence-electron chi connectivity index (χ1n) is 6.96. The van der Waals surface area contributed by atoms with Gasteiger partial charge >= 0.3 is 13.1 Å². The van der Waals surface area contributed by atoms with E-state index in [2.05, 4.69) is 4.90 Å². The molecule has 7 heteroatoms. The molecule has 0 spiro atoms. The lowest BCUT2D eigenvalue weighted by Gasteiger charge is -2.31. The lowest BCUT2D eigenvalue weighted by atomic mass is 9.75. The van der Waals surface area contributed by atoms with Crippen molar-refractivity contribution in [2.75, 3.05) is 13.6 Å². The number of likely N-dealkylation sites (tertiary alicyclic amines) is 1. The highest BCUT2D eigenvalue weighted by molar-refractivity contribution is 6.40. The van der Waals surface area contributed by atoms with Crippen LogP contribution in [0.15, 0.2) is 0 Å². The Hall–Kier alpha value is -0.625. The standard InChI is InChI=1S/C12H23BN2O4/c1-15-6-4-9-10(15)7-8(3-2-5-13(18)19)12(9,14)11(16)17/h8-10,18-19H,2-7,14H2,1H3,(H,16,17)/t8-,9-,10-,12?/m1/s1. The van der Waals surface area contributed by atoms with Crippen molar-refractivity contribution in [1.29, 1.82) is 0 Å². The van der Waals surface area contributed by atoms with Gasteiger partial charge in [0, 0.05) is 12.0 Å². The van der Waals surface area contributed by atoms with Gasteiger partial charge in [-0.1, -0.05) is 6.42 Å². The van der Waals surface area contributed by atoms with Crippen LogP contribution in [0.25, 0.3) is 0 Å². The molecule has 1 unspecified atom stereocenters. The Morgan fingerprint density at radius 1 is 1.53 bits per heavy atom. The topological polar surface area (TPSA) is 107 Å². The first-order valence-corrected chi connectivity index (χ1v) is 6.96. The molecule has 1 saturated carbocycles. The molecule has 1 aliphatic carbocycles. The van der Waals surface area contributed by atoms with Gasteiger partial charge in [-0.05, 0) is 45.1 Å². The first-order chi connectivity index (χ1) is 8.87. The molecular formula is C12H23BN2O4. The summed E-state index contributed by atoms with van der Waals surface area (Å²) in [5.41, 5.74) is 5.10. The van der Waals surface area contributed by atoms with Gasteiger partial charge in [-0.2, -0.15) is 0 Å². The van der Waals surface area contributed by atoms with Gasteiger partial charge in [-0.3, -0.25) is 4.79 Å². The number of carboxylic acids is 1. The maximum absolute atomic E-state index is 11.6. The second-order valence-electron chi connectivity index (χ2n) is 6.03. The van der Waals surface area contributed by atoms with E-state index in [1.54, 1.807) is 0 Å². The molecule has 0 bridgehead atoms. The van der Waals surface area contributed by atoms with Crippen molar-refractivity contribution in [3.63, 3.8) is 0 Å². The highest BCUT2D eigenvalue weighted by atomic mass is 16.4. The van der Waals surface area contributed by atoms with Crippen molar-refractivity contribution in [1.82, 2.24) is 4.90 Å². The molecule has 6 nitrogen and oxygen atoms in total. The molecule has 0 radical (unpaired) electrons. The van der Waals surface area contributed by atoms with E-state index in [1.165, 1.54) is 0 Å². The molecule has 5 N–H and O–H groups in total. The summed E-state index contributed by atoms with van der Waals surface area (Å²) in [4.78, 5) is 13.8. The number of nitrogens with zero attached hydrogens (tertiary/aromatic N) is 1. The first kappa shape index (κ1) is 14.8. The van der Waals surface area contributed by atoms with Gasteiger partial charge in [0.1, 0.15) is 5.54 Å². The fourth-order valence-corrected chi connectivity index (χ4v) is 3.94. The SMILES string of the molecule is CN1CC[C@@H]2[C@H]1C[C@@H](CCCB(O)O)C2(N)C(=O)O. The quantitative estimate of drug-likeness (QED) is 0.495. The van der Waals surface area contributed by atoms with Crippen molar-refractivity contribution in [3.8, 4) is 0 Å². The van der Waals surface area contributed by atoms with Crippen molar-refractivity contribution in [2.24, 2.45) is 17.6 Å². The molecule has 1 saturated heterocycles. The molecule has 0 aromatic carbocycles. The number of carbonyl (C=O) groups is 1. The van der Waals surface area contributed by atoms with Crippen LogP contribution in [0.5, 0.6) is 0 Å². The lowest BCUT2D eigenvalue weighted by Crippen LogP contribution is -2.56. The second kappa shape index (κ2) is 5.40. The lowest BCUT2D eigenvalue weighted by molar-refractivity contribution is -0.146. The van der Waals surface area contributed by atoms with Crippen molar-refractivity contribution >= 4 is 13.1 Å². The summed E-state index contributed by atoms with van der Waals surface area (Å²) in [7, 11) is 0.702. The Kier molecular flexibility index (Phi) is 4.20. The predicted octanol–water partition coefficient (Wildman–Crippen LogP) is -0.638. The van der Waals surface area contributed by atoms with Gasteiger partial charge in [0.05, 0.1) is 0 Å². The van der Waals surface area contributed by atoms with E-state index in [1.807, 2.05) is 7.05 Å². The summed E-state index contributed by atoms with van der Waals surface area (Å²) in [5.74, 6) is -0.981. The van der Waals surface area contributed by atoms with Crippen LogP contribution < -0.4 is 5.73 Å². The van der Waals surface area contributed by atoms with E-state index < -0.39 is 18.6 Å². The van der Waals surface area contributed by atoms with Crippen LogP contribution in [0.2, 0.25) is 6.32 Å². The largest absolute Gasteiger partial charge is 0.480 e. The second-order valence-corrected chi connectivity index (χ2v) is 6.03. The molecule has 2 fully saturated rings. The third-order valence-corrected chi connectivity index (χ3v) is 5.02. The Balaban J connectivity index is 2.07. The van der Waals surface area contributed by atoms with E-state index in [0.29, 0.717) is 12.8 Å². The molecule has 108 valence electrons. The smallest absolute Gasteiger partial charge is 0.451 e. The average molecular weight is 270 g/mol. The van der Waals surface area contributed by atoms with E-state index in [4.69, 9.17) is 15.8 Å². The molecule has 1 heterocycles. The third kappa shape index (κ3) is 2.52. The number of hydrogen-bond donors (Lipinski definition) is 4. The predicted molar refractivity (Wildman–Crippen MR) is 71.4 cm³/mol. The fourth-order valence-electron chi connectivity index (χ4n) is 3.94. The van der Waals surface area contributed by atoms with Crippen LogP contribution in [0.1, 0.15) is 25.7 Å². The van der Waals surface area contributed by atoms with Crippen LogP contribution >= 0.6 is 0 Å². The average Bonchev–Trinajstić information content (AvgIpc) is 2.81. The summed E-state index contributed by atoms with van der Waals surface area (Å²) in [6, 6.07) is 0.255. The molecule has 0 aromatic heterocycles. The molecule has 19 heavy (non-hydrogen) atoms. The van der Waals surface area contributed by atoms with Crippen molar-refractivity contribution in [2.45, 2.75) is 43.6 Å². The highest BCUT2D eigenvalue weighted by Gasteiger charge is 2.59. The van der Waals surface area contributed by atoms with Gasteiger partial charge in [0.25, 0.3) is 0 Å². The minimum absolute atomic E-state index is 0.0130. The zero-order valence-corrected chi connectivity index (χ0v) is 11.3. The van der Waals surface area contributed by atoms with Crippen molar-refractivity contribution in [3.05, 3.63) is 0 Å². The fraction of sp³-hybridized carbons (Fsp3) is 0.917. The van der Waals surface area contributed by atoms with Crippen LogP contribution in [-0.4, -0.2) is 58.3 Å². The minimum Gasteiger partial charge on any atom is -0.480 e. The Labute approximate surface area is 113 Å². The summed E-state index contributed by atoms with van der Waals surface area (Å²) in [6.45, 7) is 0.906. The number of nitrogens with two attached hydrogens (primary N) is 1. The molecule has 4 atom stereocenters. The Morgan fingerprint density at radius 2 is 2.21 bits per heavy atom. The van der Waals surface area contributed by atoms with Crippen LogP contribution in [-0.2, 0) is 4.79 Å². The molecule has 0 amide bonds. The van der Waals surface area contributed by atoms with Gasteiger partial charge < -0.3 is 25.8 Å². The van der Waals surface area contributed by atoms with E-state index in [-0.39, 0.29) is 24.2 Å². The van der Waals surface area contributed by atoms with Gasteiger partial charge in [-0.15, -0.1) is 0 Å². The molecule has 1 aliphatic heterocycles. The molecule has 2 rings (SSSR count). The summed E-state index contributed by atoms with van der Waals surface area (Å²) < 4.78 is 0. The Bertz CT molecular complexity index is 355. The summed E-state index contributed by atoms with van der Waals surface area (Å²) in [5, 5.41) is 27.3. The number of aliphatic carboxylic acids is 1. The zero-order valence-electron chi connectivity index (χ0n) is 11.3. The third-order valence-electron chi connectivity index (χ3n) is 5.02.